The Labute approximate surface area is 163 Å². The molecule has 0 aliphatic carbocycles. The molecule has 0 radical (unpaired) electrons. The first-order valence-corrected chi connectivity index (χ1v) is 8.24. The van der Waals surface area contributed by atoms with Crippen molar-refractivity contribution < 1.29 is 37.0 Å². The minimum atomic E-state index is -4.55. The number of benzene rings is 2. The summed E-state index contributed by atoms with van der Waals surface area (Å²) >= 11 is 0. The summed E-state index contributed by atoms with van der Waals surface area (Å²) in [7, 11) is 1.44. The zero-order valence-electron chi connectivity index (χ0n) is 15.2. The molecule has 0 aliphatic rings. The van der Waals surface area contributed by atoms with Gasteiger partial charge in [-0.15, -0.1) is 0 Å². The lowest BCUT2D eigenvalue weighted by Gasteiger charge is -2.10. The number of carbonyl (C=O) groups excluding carboxylic acids is 3. The fourth-order valence-corrected chi connectivity index (χ4v) is 2.19. The summed E-state index contributed by atoms with van der Waals surface area (Å²) in [6.07, 6.45) is -4.55. The molecule has 29 heavy (non-hydrogen) atoms. The van der Waals surface area contributed by atoms with E-state index in [2.05, 4.69) is 10.6 Å². The number of amides is 2. The van der Waals surface area contributed by atoms with E-state index in [9.17, 15) is 27.6 Å². The summed E-state index contributed by atoms with van der Waals surface area (Å²) in [5, 5.41) is 4.52. The van der Waals surface area contributed by atoms with Gasteiger partial charge >= 0.3 is 12.1 Å². The van der Waals surface area contributed by atoms with Gasteiger partial charge in [0.15, 0.2) is 6.61 Å². The third-order valence-electron chi connectivity index (χ3n) is 3.56. The van der Waals surface area contributed by atoms with Crippen molar-refractivity contribution >= 4 is 23.5 Å². The largest absolute Gasteiger partial charge is 0.497 e. The molecule has 0 spiro atoms. The van der Waals surface area contributed by atoms with Crippen molar-refractivity contribution in [3.05, 3.63) is 59.7 Å². The molecular weight excluding hydrogens is 393 g/mol. The molecule has 0 atom stereocenters. The fraction of sp³-hybridized carbons (Fsp3) is 0.211. The number of halogens is 3. The number of anilines is 1. The monoisotopic (exact) mass is 410 g/mol. The van der Waals surface area contributed by atoms with E-state index in [1.54, 1.807) is 12.1 Å². The highest BCUT2D eigenvalue weighted by Crippen LogP contribution is 2.30. The summed E-state index contributed by atoms with van der Waals surface area (Å²) < 4.78 is 47.6. The second-order valence-corrected chi connectivity index (χ2v) is 5.70. The Morgan fingerprint density at radius 2 is 1.76 bits per heavy atom. The number of methoxy groups -OCH3 is 1. The summed E-state index contributed by atoms with van der Waals surface area (Å²) in [6.45, 7) is -1.21. The first-order valence-electron chi connectivity index (χ1n) is 8.24. The van der Waals surface area contributed by atoms with Gasteiger partial charge in [-0.05, 0) is 36.4 Å². The molecule has 0 aromatic heterocycles. The molecule has 0 saturated heterocycles. The lowest BCUT2D eigenvalue weighted by molar-refractivity contribution is -0.146. The molecule has 154 valence electrons. The molecule has 0 heterocycles. The van der Waals surface area contributed by atoms with Crippen molar-refractivity contribution in [1.29, 1.82) is 0 Å². The Kier molecular flexibility index (Phi) is 7.18. The maximum Gasteiger partial charge on any atom is 0.416 e. The average Bonchev–Trinajstić information content (AvgIpc) is 2.70. The molecule has 10 heteroatoms. The molecule has 0 fully saturated rings. The van der Waals surface area contributed by atoms with Crippen molar-refractivity contribution in [2.45, 2.75) is 6.18 Å². The van der Waals surface area contributed by atoms with Crippen LogP contribution in [0.15, 0.2) is 48.5 Å². The molecule has 2 amide bonds. The Hall–Kier alpha value is -3.56. The number of hydrogen-bond acceptors (Lipinski definition) is 5. The van der Waals surface area contributed by atoms with Crippen molar-refractivity contribution in [3.63, 3.8) is 0 Å². The van der Waals surface area contributed by atoms with E-state index in [1.165, 1.54) is 25.3 Å². The van der Waals surface area contributed by atoms with E-state index in [-0.39, 0.29) is 11.3 Å². The number of nitrogens with one attached hydrogen (secondary N) is 2. The molecule has 0 unspecified atom stereocenters. The van der Waals surface area contributed by atoms with Crippen molar-refractivity contribution in [2.75, 3.05) is 25.6 Å². The second kappa shape index (κ2) is 9.58. The first-order chi connectivity index (χ1) is 13.7. The Bertz CT molecular complexity index is 899. The maximum atomic E-state index is 12.7. The van der Waals surface area contributed by atoms with Crippen LogP contribution in [-0.4, -0.2) is 38.0 Å². The summed E-state index contributed by atoms with van der Waals surface area (Å²) in [4.78, 5) is 35.4. The van der Waals surface area contributed by atoms with Crippen LogP contribution in [0.2, 0.25) is 0 Å². The number of rotatable bonds is 7. The van der Waals surface area contributed by atoms with Crippen LogP contribution in [0.4, 0.5) is 18.9 Å². The molecule has 0 aliphatic heterocycles. The highest BCUT2D eigenvalue weighted by atomic mass is 19.4. The first kappa shape index (κ1) is 21.7. The molecule has 2 aromatic carbocycles. The van der Waals surface area contributed by atoms with Crippen LogP contribution in [0.1, 0.15) is 15.9 Å². The van der Waals surface area contributed by atoms with Gasteiger partial charge in [0.2, 0.25) is 0 Å². The minimum absolute atomic E-state index is 0.0906. The molecule has 0 bridgehead atoms. The molecule has 2 N–H and O–H groups in total. The number of hydrogen-bond donors (Lipinski definition) is 2. The van der Waals surface area contributed by atoms with Gasteiger partial charge in [-0.3, -0.25) is 14.4 Å². The van der Waals surface area contributed by atoms with Gasteiger partial charge in [0.05, 0.1) is 12.7 Å². The second-order valence-electron chi connectivity index (χ2n) is 5.70. The van der Waals surface area contributed by atoms with E-state index >= 15 is 0 Å². The lowest BCUT2D eigenvalue weighted by Crippen LogP contribution is -2.32. The third kappa shape index (κ3) is 6.83. The average molecular weight is 410 g/mol. The number of alkyl halides is 3. The van der Waals surface area contributed by atoms with Crippen molar-refractivity contribution in [2.24, 2.45) is 0 Å². The molecule has 0 saturated carbocycles. The van der Waals surface area contributed by atoms with Crippen LogP contribution >= 0.6 is 0 Å². The van der Waals surface area contributed by atoms with Crippen molar-refractivity contribution in [3.8, 4) is 5.75 Å². The Morgan fingerprint density at radius 3 is 2.45 bits per heavy atom. The van der Waals surface area contributed by atoms with E-state index in [0.29, 0.717) is 5.75 Å². The van der Waals surface area contributed by atoms with E-state index in [4.69, 9.17) is 9.47 Å². The predicted molar refractivity (Wildman–Crippen MR) is 96.4 cm³/mol. The number of esters is 1. The van der Waals surface area contributed by atoms with Crippen molar-refractivity contribution in [1.82, 2.24) is 5.32 Å². The van der Waals surface area contributed by atoms with Crippen LogP contribution in [-0.2, 0) is 20.5 Å². The van der Waals surface area contributed by atoms with Gasteiger partial charge in [-0.2, -0.15) is 13.2 Å². The fourth-order valence-electron chi connectivity index (χ4n) is 2.19. The molecule has 2 aromatic rings. The topological polar surface area (TPSA) is 93.7 Å². The lowest BCUT2D eigenvalue weighted by atomic mass is 10.2. The summed E-state index contributed by atoms with van der Waals surface area (Å²) in [5.41, 5.74) is -0.751. The summed E-state index contributed by atoms with van der Waals surface area (Å²) in [6, 6.07) is 10.3. The quantitative estimate of drug-likeness (QED) is 0.685. The van der Waals surface area contributed by atoms with Gasteiger partial charge in [0.1, 0.15) is 12.3 Å². The zero-order valence-corrected chi connectivity index (χ0v) is 15.2. The van der Waals surface area contributed by atoms with E-state index < -0.39 is 42.7 Å². The number of carbonyl (C=O) groups is 3. The standard InChI is InChI=1S/C19H17F3N2O5/c1-28-15-7-2-4-12(8-15)18(27)23-10-17(26)29-11-16(25)24-14-6-3-5-13(9-14)19(20,21)22/h2-9H,10-11H2,1H3,(H,23,27)(H,24,25). The van der Waals surface area contributed by atoms with Gasteiger partial charge in [-0.25, -0.2) is 0 Å². The Morgan fingerprint density at radius 1 is 1.03 bits per heavy atom. The van der Waals surface area contributed by atoms with E-state index in [1.807, 2.05) is 0 Å². The molecular formula is C19H17F3N2O5. The zero-order chi connectivity index (χ0) is 21.4. The van der Waals surface area contributed by atoms with Gasteiger partial charge in [-0.1, -0.05) is 12.1 Å². The highest BCUT2D eigenvalue weighted by Gasteiger charge is 2.30. The highest BCUT2D eigenvalue weighted by molar-refractivity contribution is 5.97. The van der Waals surface area contributed by atoms with Crippen LogP contribution in [0.25, 0.3) is 0 Å². The SMILES string of the molecule is COc1cccc(C(=O)NCC(=O)OCC(=O)Nc2cccc(C(F)(F)F)c2)c1. The van der Waals surface area contributed by atoms with Crippen LogP contribution in [0.3, 0.4) is 0 Å². The van der Waals surface area contributed by atoms with Gasteiger partial charge in [0.25, 0.3) is 11.8 Å². The molecule has 2 rings (SSSR count). The predicted octanol–water partition coefficient (Wildman–Crippen LogP) is 2.63. The third-order valence-corrected chi connectivity index (χ3v) is 3.56. The van der Waals surface area contributed by atoms with Crippen LogP contribution < -0.4 is 15.4 Å². The molecule has 7 nitrogen and oxygen atoms in total. The van der Waals surface area contributed by atoms with Crippen LogP contribution in [0, 0.1) is 0 Å². The number of ether oxygens (including phenoxy) is 2. The van der Waals surface area contributed by atoms with Gasteiger partial charge < -0.3 is 20.1 Å². The maximum absolute atomic E-state index is 12.7. The summed E-state index contributed by atoms with van der Waals surface area (Å²) in [5.74, 6) is -1.79. The minimum Gasteiger partial charge on any atom is -0.497 e. The normalized spacial score (nSPS) is 10.8. The van der Waals surface area contributed by atoms with E-state index in [0.717, 1.165) is 18.2 Å². The smallest absolute Gasteiger partial charge is 0.416 e. The van der Waals surface area contributed by atoms with Crippen LogP contribution in [0.5, 0.6) is 5.75 Å². The van der Waals surface area contributed by atoms with Gasteiger partial charge in [0, 0.05) is 11.3 Å². The Balaban J connectivity index is 1.78.